The lowest BCUT2D eigenvalue weighted by molar-refractivity contribution is -0.118. The van der Waals surface area contributed by atoms with Gasteiger partial charge in [-0.1, -0.05) is 12.1 Å². The summed E-state index contributed by atoms with van der Waals surface area (Å²) in [4.78, 5) is 15.7. The Bertz CT molecular complexity index is 385. The molecule has 94 valence electrons. The van der Waals surface area contributed by atoms with Gasteiger partial charge in [0.25, 0.3) is 0 Å². The molecule has 0 radical (unpaired) electrons. The predicted molar refractivity (Wildman–Crippen MR) is 60.4 cm³/mol. The second-order valence-electron chi connectivity index (χ2n) is 4.51. The molecule has 5 heteroatoms. The van der Waals surface area contributed by atoms with Gasteiger partial charge in [0.1, 0.15) is 11.9 Å². The maximum atomic E-state index is 11.4. The van der Waals surface area contributed by atoms with E-state index in [9.17, 15) is 4.79 Å². The molecule has 1 unspecified atom stereocenters. The van der Waals surface area contributed by atoms with Gasteiger partial charge in [0.2, 0.25) is 11.7 Å². The molecule has 0 saturated heterocycles. The number of hydrogen-bond donors (Lipinski definition) is 0. The smallest absolute Gasteiger partial charge is 0.234 e. The van der Waals surface area contributed by atoms with Crippen molar-refractivity contribution in [3.63, 3.8) is 0 Å². The van der Waals surface area contributed by atoms with E-state index in [1.165, 1.54) is 0 Å². The van der Waals surface area contributed by atoms with Crippen molar-refractivity contribution >= 4 is 5.78 Å². The molecular formula is C12H18N2O3. The van der Waals surface area contributed by atoms with Crippen molar-refractivity contribution in [1.82, 2.24) is 10.1 Å². The van der Waals surface area contributed by atoms with Gasteiger partial charge >= 0.3 is 0 Å². The van der Waals surface area contributed by atoms with Gasteiger partial charge in [-0.05, 0) is 25.2 Å². The van der Waals surface area contributed by atoms with Crippen LogP contribution in [0.15, 0.2) is 4.52 Å². The molecule has 1 heterocycles. The van der Waals surface area contributed by atoms with E-state index < -0.39 is 0 Å². The van der Waals surface area contributed by atoms with Crippen molar-refractivity contribution in [2.45, 2.75) is 45.1 Å². The molecule has 5 nitrogen and oxygen atoms in total. The number of rotatable bonds is 7. The summed E-state index contributed by atoms with van der Waals surface area (Å²) >= 11 is 0. The molecule has 1 atom stereocenters. The van der Waals surface area contributed by atoms with Crippen molar-refractivity contribution in [3.8, 4) is 0 Å². The van der Waals surface area contributed by atoms with Gasteiger partial charge in [-0.3, -0.25) is 4.79 Å². The minimum Gasteiger partial charge on any atom is -0.373 e. The van der Waals surface area contributed by atoms with Gasteiger partial charge in [0.05, 0.1) is 6.42 Å². The third-order valence-corrected chi connectivity index (χ3v) is 2.92. The van der Waals surface area contributed by atoms with Gasteiger partial charge in [-0.25, -0.2) is 0 Å². The van der Waals surface area contributed by atoms with E-state index in [1.54, 1.807) is 7.11 Å². The van der Waals surface area contributed by atoms with Gasteiger partial charge < -0.3 is 9.26 Å². The molecule has 2 rings (SSSR count). The maximum Gasteiger partial charge on any atom is 0.234 e. The highest BCUT2D eigenvalue weighted by molar-refractivity contribution is 5.79. The lowest BCUT2D eigenvalue weighted by Gasteiger charge is -2.08. The first-order valence-corrected chi connectivity index (χ1v) is 6.11. The molecule has 1 saturated carbocycles. The van der Waals surface area contributed by atoms with Crippen LogP contribution in [0.1, 0.15) is 50.4 Å². The van der Waals surface area contributed by atoms with E-state index in [-0.39, 0.29) is 18.3 Å². The molecular weight excluding hydrogens is 220 g/mol. The molecule has 1 aromatic rings. The van der Waals surface area contributed by atoms with E-state index in [0.717, 1.165) is 19.3 Å². The monoisotopic (exact) mass is 238 g/mol. The summed E-state index contributed by atoms with van der Waals surface area (Å²) < 4.78 is 10.4. The van der Waals surface area contributed by atoms with Gasteiger partial charge in [0.15, 0.2) is 0 Å². The van der Waals surface area contributed by atoms with Gasteiger partial charge in [-0.15, -0.1) is 0 Å². The fraction of sp³-hybridized carbons (Fsp3) is 0.750. The Kier molecular flexibility index (Phi) is 3.89. The minimum atomic E-state index is -0.0752. The maximum absolute atomic E-state index is 11.4. The van der Waals surface area contributed by atoms with Crippen LogP contribution in [0.2, 0.25) is 0 Å². The zero-order valence-corrected chi connectivity index (χ0v) is 10.3. The van der Waals surface area contributed by atoms with Gasteiger partial charge in [0, 0.05) is 13.5 Å². The summed E-state index contributed by atoms with van der Waals surface area (Å²) in [6.45, 7) is 1.98. The molecule has 1 aliphatic rings. The molecule has 1 aliphatic carbocycles. The normalized spacial score (nSPS) is 17.1. The molecule has 1 aromatic heterocycles. The molecule has 0 aromatic carbocycles. The first-order chi connectivity index (χ1) is 8.24. The Balaban J connectivity index is 1.97. The quantitative estimate of drug-likeness (QED) is 0.727. The Labute approximate surface area is 101 Å². The van der Waals surface area contributed by atoms with E-state index in [4.69, 9.17) is 9.26 Å². The highest BCUT2D eigenvalue weighted by Gasteiger charge is 2.35. The summed E-state index contributed by atoms with van der Waals surface area (Å²) in [7, 11) is 1.65. The topological polar surface area (TPSA) is 65.2 Å². The van der Waals surface area contributed by atoms with Crippen molar-refractivity contribution in [1.29, 1.82) is 0 Å². The Morgan fingerprint density at radius 2 is 2.35 bits per heavy atom. The van der Waals surface area contributed by atoms with Crippen LogP contribution in [0.5, 0.6) is 0 Å². The number of Topliss-reactive ketones (excluding diaryl/α,β-unsaturated/α-hetero) is 1. The third-order valence-electron chi connectivity index (χ3n) is 2.92. The largest absolute Gasteiger partial charge is 0.373 e. The summed E-state index contributed by atoms with van der Waals surface area (Å²) in [5, 5.41) is 3.90. The highest BCUT2D eigenvalue weighted by atomic mass is 16.5. The molecule has 0 spiro atoms. The fourth-order valence-corrected chi connectivity index (χ4v) is 1.90. The average Bonchev–Trinajstić information content (AvgIpc) is 3.02. The van der Waals surface area contributed by atoms with Crippen molar-refractivity contribution in [2.75, 3.05) is 7.11 Å². The van der Waals surface area contributed by atoms with Crippen molar-refractivity contribution in [2.24, 2.45) is 5.92 Å². The number of carbonyl (C=O) groups is 1. The summed E-state index contributed by atoms with van der Waals surface area (Å²) in [5.74, 6) is 1.63. The molecule has 0 N–H and O–H groups in total. The SMILES string of the molecule is CCCC(=O)Cc1nc(C(OC)C2CC2)no1. The van der Waals surface area contributed by atoms with Crippen LogP contribution in [0, 0.1) is 5.92 Å². The van der Waals surface area contributed by atoms with Crippen molar-refractivity contribution < 1.29 is 14.1 Å². The zero-order chi connectivity index (χ0) is 12.3. The van der Waals surface area contributed by atoms with Crippen LogP contribution < -0.4 is 0 Å². The molecule has 0 bridgehead atoms. The number of aromatic nitrogens is 2. The standard InChI is InChI=1S/C12H18N2O3/c1-3-4-9(15)7-10-13-12(14-17-10)11(16-2)8-5-6-8/h8,11H,3-7H2,1-2H3. The van der Waals surface area contributed by atoms with Crippen LogP contribution in [-0.4, -0.2) is 23.0 Å². The van der Waals surface area contributed by atoms with Crippen molar-refractivity contribution in [3.05, 3.63) is 11.7 Å². The van der Waals surface area contributed by atoms with E-state index in [2.05, 4.69) is 10.1 Å². The average molecular weight is 238 g/mol. The lowest BCUT2D eigenvalue weighted by Crippen LogP contribution is -2.07. The number of nitrogens with zero attached hydrogens (tertiary/aromatic N) is 2. The molecule has 0 aliphatic heterocycles. The molecule has 17 heavy (non-hydrogen) atoms. The Morgan fingerprint density at radius 1 is 1.59 bits per heavy atom. The number of ketones is 1. The lowest BCUT2D eigenvalue weighted by atomic mass is 10.2. The Hall–Kier alpha value is -1.23. The first-order valence-electron chi connectivity index (χ1n) is 6.11. The second kappa shape index (κ2) is 5.40. The second-order valence-corrected chi connectivity index (χ2v) is 4.51. The third kappa shape index (κ3) is 3.12. The Morgan fingerprint density at radius 3 is 2.94 bits per heavy atom. The van der Waals surface area contributed by atoms with E-state index in [0.29, 0.717) is 24.1 Å². The number of hydrogen-bond acceptors (Lipinski definition) is 5. The summed E-state index contributed by atoms with van der Waals surface area (Å²) in [5.41, 5.74) is 0. The van der Waals surface area contributed by atoms with Crippen LogP contribution in [0.3, 0.4) is 0 Å². The van der Waals surface area contributed by atoms with Crippen LogP contribution in [0.4, 0.5) is 0 Å². The first kappa shape index (κ1) is 12.2. The number of ether oxygens (including phenoxy) is 1. The van der Waals surface area contributed by atoms with E-state index >= 15 is 0 Å². The van der Waals surface area contributed by atoms with Gasteiger partial charge in [-0.2, -0.15) is 4.98 Å². The number of methoxy groups -OCH3 is 1. The van der Waals surface area contributed by atoms with E-state index in [1.807, 2.05) is 6.92 Å². The fourth-order valence-electron chi connectivity index (χ4n) is 1.90. The molecule has 0 amide bonds. The minimum absolute atomic E-state index is 0.0752. The highest BCUT2D eigenvalue weighted by Crippen LogP contribution is 2.41. The van der Waals surface area contributed by atoms with Crippen LogP contribution in [0.25, 0.3) is 0 Å². The van der Waals surface area contributed by atoms with Crippen LogP contribution >= 0.6 is 0 Å². The predicted octanol–water partition coefficient (Wildman–Crippen LogP) is 2.08. The summed E-state index contributed by atoms with van der Waals surface area (Å²) in [6, 6.07) is 0. The number of carbonyl (C=O) groups excluding carboxylic acids is 1. The summed E-state index contributed by atoms with van der Waals surface area (Å²) in [6.07, 6.45) is 3.88. The molecule has 1 fully saturated rings. The zero-order valence-electron chi connectivity index (χ0n) is 10.3. The van der Waals surface area contributed by atoms with Crippen LogP contribution in [-0.2, 0) is 16.0 Å².